The van der Waals surface area contributed by atoms with Crippen LogP contribution in [-0.2, 0) is 16.0 Å². The first-order valence-electron chi connectivity index (χ1n) is 10.6. The van der Waals surface area contributed by atoms with E-state index in [1.54, 1.807) is 0 Å². The number of hydrogen-bond donors (Lipinski definition) is 2. The SMILES string of the molecule is CCc1ccccc1NC(=O)N1C[C@H](C(=O)NCC2CC2)C2(CCOCC2)C1. The molecule has 2 heterocycles. The lowest BCUT2D eigenvalue weighted by Crippen LogP contribution is -2.44. The maximum Gasteiger partial charge on any atom is 0.321 e. The lowest BCUT2D eigenvalue weighted by molar-refractivity contribution is -0.129. The summed E-state index contributed by atoms with van der Waals surface area (Å²) < 4.78 is 5.56. The Kier molecular flexibility index (Phi) is 5.58. The van der Waals surface area contributed by atoms with E-state index in [2.05, 4.69) is 17.6 Å². The quantitative estimate of drug-likeness (QED) is 0.818. The molecule has 0 unspecified atom stereocenters. The summed E-state index contributed by atoms with van der Waals surface area (Å²) in [5.41, 5.74) is 1.82. The molecule has 1 saturated carbocycles. The van der Waals surface area contributed by atoms with Crippen LogP contribution in [0.5, 0.6) is 0 Å². The Balaban J connectivity index is 1.47. The van der Waals surface area contributed by atoms with E-state index in [0.29, 0.717) is 32.2 Å². The van der Waals surface area contributed by atoms with Gasteiger partial charge in [-0.25, -0.2) is 4.79 Å². The number of ether oxygens (including phenoxy) is 1. The van der Waals surface area contributed by atoms with Crippen molar-refractivity contribution >= 4 is 17.6 Å². The van der Waals surface area contributed by atoms with E-state index in [1.165, 1.54) is 12.8 Å². The molecule has 3 fully saturated rings. The minimum absolute atomic E-state index is 0.107. The highest BCUT2D eigenvalue weighted by Crippen LogP contribution is 2.44. The van der Waals surface area contributed by atoms with Gasteiger partial charge < -0.3 is 20.3 Å². The van der Waals surface area contributed by atoms with Gasteiger partial charge in [-0.05, 0) is 49.7 Å². The number of anilines is 1. The fourth-order valence-corrected chi connectivity index (χ4v) is 4.60. The number of carbonyl (C=O) groups excluding carboxylic acids is 2. The smallest absolute Gasteiger partial charge is 0.321 e. The maximum absolute atomic E-state index is 13.0. The zero-order valence-corrected chi connectivity index (χ0v) is 16.7. The van der Waals surface area contributed by atoms with Gasteiger partial charge >= 0.3 is 6.03 Å². The number of benzene rings is 1. The molecule has 2 saturated heterocycles. The highest BCUT2D eigenvalue weighted by molar-refractivity contribution is 5.91. The van der Waals surface area contributed by atoms with Gasteiger partial charge in [0, 0.05) is 44.0 Å². The van der Waals surface area contributed by atoms with Crippen LogP contribution < -0.4 is 10.6 Å². The molecule has 1 aromatic rings. The number of aryl methyl sites for hydroxylation is 1. The monoisotopic (exact) mass is 385 g/mol. The number of nitrogens with zero attached hydrogens (tertiary/aromatic N) is 1. The molecule has 6 nitrogen and oxygen atoms in total. The molecular formula is C22H31N3O3. The molecule has 6 heteroatoms. The minimum atomic E-state index is -0.159. The third-order valence-corrected chi connectivity index (χ3v) is 6.64. The second kappa shape index (κ2) is 8.11. The highest BCUT2D eigenvalue weighted by atomic mass is 16.5. The van der Waals surface area contributed by atoms with Crippen molar-refractivity contribution in [3.8, 4) is 0 Å². The topological polar surface area (TPSA) is 70.7 Å². The van der Waals surface area contributed by atoms with Gasteiger partial charge in [0.15, 0.2) is 0 Å². The normalized spacial score (nSPS) is 23.6. The predicted octanol–water partition coefficient (Wildman–Crippen LogP) is 3.04. The van der Waals surface area contributed by atoms with E-state index < -0.39 is 0 Å². The summed E-state index contributed by atoms with van der Waals surface area (Å²) in [6, 6.07) is 7.79. The number of carbonyl (C=O) groups is 2. The lowest BCUT2D eigenvalue weighted by Gasteiger charge is -2.37. The second-order valence-corrected chi connectivity index (χ2v) is 8.54. The van der Waals surface area contributed by atoms with Gasteiger partial charge in [0.1, 0.15) is 0 Å². The van der Waals surface area contributed by atoms with Gasteiger partial charge in [-0.15, -0.1) is 0 Å². The van der Waals surface area contributed by atoms with Gasteiger partial charge in [0.05, 0.1) is 5.92 Å². The van der Waals surface area contributed by atoms with Gasteiger partial charge in [0.25, 0.3) is 0 Å². The molecule has 3 aliphatic rings. The average molecular weight is 386 g/mol. The van der Waals surface area contributed by atoms with Crippen molar-refractivity contribution in [3.63, 3.8) is 0 Å². The van der Waals surface area contributed by atoms with E-state index in [0.717, 1.165) is 37.1 Å². The second-order valence-electron chi connectivity index (χ2n) is 8.54. The third kappa shape index (κ3) is 4.02. The van der Waals surface area contributed by atoms with Gasteiger partial charge in [-0.2, -0.15) is 0 Å². The summed E-state index contributed by atoms with van der Waals surface area (Å²) >= 11 is 0. The van der Waals surface area contributed by atoms with Crippen molar-refractivity contribution in [2.24, 2.45) is 17.3 Å². The van der Waals surface area contributed by atoms with Crippen molar-refractivity contribution in [2.75, 3.05) is 38.2 Å². The fourth-order valence-electron chi connectivity index (χ4n) is 4.60. The lowest BCUT2D eigenvalue weighted by atomic mass is 9.72. The molecule has 3 amide bonds. The maximum atomic E-state index is 13.0. The zero-order valence-electron chi connectivity index (χ0n) is 16.7. The van der Waals surface area contributed by atoms with E-state index >= 15 is 0 Å². The Morgan fingerprint density at radius 1 is 1.21 bits per heavy atom. The molecule has 1 atom stereocenters. The summed E-state index contributed by atoms with van der Waals surface area (Å²) in [6.07, 6.45) is 4.97. The van der Waals surface area contributed by atoms with Crippen LogP contribution in [0.25, 0.3) is 0 Å². The number of para-hydroxylation sites is 1. The van der Waals surface area contributed by atoms with Gasteiger partial charge in [-0.1, -0.05) is 25.1 Å². The molecule has 1 aromatic carbocycles. The molecule has 1 spiro atoms. The van der Waals surface area contributed by atoms with Crippen LogP contribution in [0.2, 0.25) is 0 Å². The van der Waals surface area contributed by atoms with E-state index in [1.807, 2.05) is 29.2 Å². The number of urea groups is 1. The van der Waals surface area contributed by atoms with Gasteiger partial charge in [0.2, 0.25) is 5.91 Å². The molecule has 2 N–H and O–H groups in total. The third-order valence-electron chi connectivity index (χ3n) is 6.64. The van der Waals surface area contributed by atoms with Crippen LogP contribution in [-0.4, -0.2) is 49.7 Å². The predicted molar refractivity (Wildman–Crippen MR) is 108 cm³/mol. The highest BCUT2D eigenvalue weighted by Gasteiger charge is 2.51. The molecule has 0 bridgehead atoms. The summed E-state index contributed by atoms with van der Waals surface area (Å²) in [6.45, 7) is 5.30. The van der Waals surface area contributed by atoms with Crippen LogP contribution in [0.4, 0.5) is 10.5 Å². The standard InChI is InChI=1S/C22H31N3O3/c1-2-17-5-3-4-6-19(17)24-21(27)25-14-18(20(26)23-13-16-7-8-16)22(15-25)9-11-28-12-10-22/h3-6,16,18H,2,7-15H2,1H3,(H,23,26)(H,24,27)/t18-/m1/s1. The molecule has 2 aliphatic heterocycles. The van der Waals surface area contributed by atoms with Crippen LogP contribution in [0.3, 0.4) is 0 Å². The first-order chi connectivity index (χ1) is 13.6. The number of hydrogen-bond acceptors (Lipinski definition) is 3. The van der Waals surface area contributed by atoms with Crippen molar-refractivity contribution in [3.05, 3.63) is 29.8 Å². The van der Waals surface area contributed by atoms with Crippen molar-refractivity contribution in [2.45, 2.75) is 39.0 Å². The number of amides is 3. The van der Waals surface area contributed by atoms with Crippen LogP contribution >= 0.6 is 0 Å². The zero-order chi connectivity index (χ0) is 19.6. The van der Waals surface area contributed by atoms with Crippen LogP contribution in [0, 0.1) is 17.3 Å². The molecule has 28 heavy (non-hydrogen) atoms. The first-order valence-corrected chi connectivity index (χ1v) is 10.6. The number of likely N-dealkylation sites (tertiary alicyclic amines) is 1. The Morgan fingerprint density at radius 3 is 2.68 bits per heavy atom. The molecule has 152 valence electrons. The number of rotatable bonds is 5. The Bertz CT molecular complexity index is 725. The minimum Gasteiger partial charge on any atom is -0.381 e. The summed E-state index contributed by atoms with van der Waals surface area (Å²) in [4.78, 5) is 27.8. The van der Waals surface area contributed by atoms with Crippen molar-refractivity contribution in [1.29, 1.82) is 0 Å². The van der Waals surface area contributed by atoms with Gasteiger partial charge in [-0.3, -0.25) is 4.79 Å². The van der Waals surface area contributed by atoms with Crippen LogP contribution in [0.15, 0.2) is 24.3 Å². The molecule has 4 rings (SSSR count). The molecule has 0 radical (unpaired) electrons. The molecule has 0 aromatic heterocycles. The van der Waals surface area contributed by atoms with Crippen molar-refractivity contribution < 1.29 is 14.3 Å². The first kappa shape index (κ1) is 19.2. The summed E-state index contributed by atoms with van der Waals surface area (Å²) in [5, 5.41) is 6.22. The summed E-state index contributed by atoms with van der Waals surface area (Å²) in [7, 11) is 0. The Morgan fingerprint density at radius 2 is 1.96 bits per heavy atom. The summed E-state index contributed by atoms with van der Waals surface area (Å²) in [5.74, 6) is 0.612. The molecular weight excluding hydrogens is 354 g/mol. The Labute approximate surface area is 167 Å². The molecule has 1 aliphatic carbocycles. The van der Waals surface area contributed by atoms with E-state index in [4.69, 9.17) is 4.74 Å². The van der Waals surface area contributed by atoms with E-state index in [-0.39, 0.29) is 23.3 Å². The largest absolute Gasteiger partial charge is 0.381 e. The average Bonchev–Trinajstić information content (AvgIpc) is 3.48. The van der Waals surface area contributed by atoms with E-state index in [9.17, 15) is 9.59 Å². The Hall–Kier alpha value is -2.08. The fraction of sp³-hybridized carbons (Fsp3) is 0.636. The number of nitrogens with one attached hydrogen (secondary N) is 2. The van der Waals surface area contributed by atoms with Crippen LogP contribution in [0.1, 0.15) is 38.2 Å². The van der Waals surface area contributed by atoms with Crippen molar-refractivity contribution in [1.82, 2.24) is 10.2 Å².